The number of fused-ring (bicyclic) bond motifs is 1. The van der Waals surface area contributed by atoms with Gasteiger partial charge < -0.3 is 14.6 Å². The minimum Gasteiger partial charge on any atom is -0.475 e. The Labute approximate surface area is 83.5 Å². The second-order valence-corrected chi connectivity index (χ2v) is 2.92. The van der Waals surface area contributed by atoms with Gasteiger partial charge in [-0.15, -0.1) is 0 Å². The van der Waals surface area contributed by atoms with Crippen molar-refractivity contribution in [2.24, 2.45) is 0 Å². The Bertz CT molecular complexity index is 504. The van der Waals surface area contributed by atoms with E-state index in [1.54, 1.807) is 12.1 Å². The van der Waals surface area contributed by atoms with E-state index >= 15 is 0 Å². The smallest absolute Gasteiger partial charge is 0.372 e. The molecule has 0 aliphatic heterocycles. The number of carboxylic acids is 2. The summed E-state index contributed by atoms with van der Waals surface area (Å²) in [6, 6.07) is 6.26. The Morgan fingerprint density at radius 3 is 1.67 bits per heavy atom. The average Bonchev–Trinajstić information content (AvgIpc) is 2.56. The van der Waals surface area contributed by atoms with Crippen LogP contribution in [0.2, 0.25) is 0 Å². The molecule has 2 aromatic rings. The van der Waals surface area contributed by atoms with Gasteiger partial charge in [-0.25, -0.2) is 9.59 Å². The van der Waals surface area contributed by atoms with Crippen molar-refractivity contribution in [3.05, 3.63) is 35.8 Å². The van der Waals surface area contributed by atoms with Crippen molar-refractivity contribution in [2.75, 3.05) is 0 Å². The number of carbonyl (C=O) groups is 2. The fraction of sp³-hybridized carbons (Fsp3) is 0. The van der Waals surface area contributed by atoms with Crippen molar-refractivity contribution in [3.63, 3.8) is 0 Å². The van der Waals surface area contributed by atoms with Crippen molar-refractivity contribution in [2.45, 2.75) is 0 Å². The summed E-state index contributed by atoms with van der Waals surface area (Å²) in [5.74, 6) is -3.25. The lowest BCUT2D eigenvalue weighted by Crippen LogP contribution is -1.95. The fourth-order valence-corrected chi connectivity index (χ4v) is 1.41. The number of hydrogen-bond donors (Lipinski definition) is 2. The second kappa shape index (κ2) is 3.13. The fourth-order valence-electron chi connectivity index (χ4n) is 1.41. The van der Waals surface area contributed by atoms with Crippen LogP contribution in [0.3, 0.4) is 0 Å². The molecule has 0 radical (unpaired) electrons. The Hall–Kier alpha value is -2.30. The Morgan fingerprint density at radius 2 is 1.33 bits per heavy atom. The van der Waals surface area contributed by atoms with E-state index in [1.807, 2.05) is 0 Å². The highest BCUT2D eigenvalue weighted by Crippen LogP contribution is 2.25. The first kappa shape index (κ1) is 9.26. The molecule has 0 atom stereocenters. The lowest BCUT2D eigenvalue weighted by molar-refractivity contribution is 0.0635. The molecule has 0 aliphatic carbocycles. The van der Waals surface area contributed by atoms with Crippen LogP contribution in [0.25, 0.3) is 10.8 Å². The summed E-state index contributed by atoms with van der Waals surface area (Å²) in [5.41, 5.74) is 0. The van der Waals surface area contributed by atoms with Crippen LogP contribution >= 0.6 is 0 Å². The van der Waals surface area contributed by atoms with Gasteiger partial charge in [-0.05, 0) is 0 Å². The van der Waals surface area contributed by atoms with Crippen LogP contribution < -0.4 is 0 Å². The molecule has 0 fully saturated rings. The van der Waals surface area contributed by atoms with Crippen molar-refractivity contribution in [1.82, 2.24) is 0 Å². The molecule has 2 rings (SSSR count). The number of aromatic carboxylic acids is 2. The van der Waals surface area contributed by atoms with Crippen LogP contribution in [-0.2, 0) is 0 Å². The molecule has 0 amide bonds. The van der Waals surface area contributed by atoms with Crippen LogP contribution in [0.5, 0.6) is 0 Å². The maximum Gasteiger partial charge on any atom is 0.372 e. The summed E-state index contributed by atoms with van der Waals surface area (Å²) in [4.78, 5) is 21.5. The maximum atomic E-state index is 10.8. The van der Waals surface area contributed by atoms with Gasteiger partial charge in [0.15, 0.2) is 0 Å². The second-order valence-electron chi connectivity index (χ2n) is 2.92. The lowest BCUT2D eigenvalue weighted by atomic mass is 10.1. The van der Waals surface area contributed by atoms with Gasteiger partial charge in [0, 0.05) is 10.8 Å². The van der Waals surface area contributed by atoms with Gasteiger partial charge in [-0.3, -0.25) is 0 Å². The van der Waals surface area contributed by atoms with E-state index in [1.165, 1.54) is 12.1 Å². The number of carboxylic acid groups (broad SMARTS) is 2. The highest BCUT2D eigenvalue weighted by Gasteiger charge is 2.21. The van der Waals surface area contributed by atoms with E-state index in [-0.39, 0.29) is 11.5 Å². The first-order valence-corrected chi connectivity index (χ1v) is 4.09. The minimum atomic E-state index is -1.28. The van der Waals surface area contributed by atoms with Crippen molar-refractivity contribution in [1.29, 1.82) is 0 Å². The molecule has 15 heavy (non-hydrogen) atoms. The lowest BCUT2D eigenvalue weighted by Gasteiger charge is -1.87. The molecule has 76 valence electrons. The number of hydrogen-bond acceptors (Lipinski definition) is 3. The standard InChI is InChI=1S/C10H6O5/c11-9(12)7-5-3-1-2-4-6(5)8(15-7)10(13)14/h1-4H,(H,11,12)(H,13,14). The van der Waals surface area contributed by atoms with Gasteiger partial charge in [0.1, 0.15) is 0 Å². The molecule has 1 heterocycles. The monoisotopic (exact) mass is 206 g/mol. The molecule has 0 saturated heterocycles. The maximum absolute atomic E-state index is 10.8. The van der Waals surface area contributed by atoms with E-state index in [2.05, 4.69) is 0 Å². The highest BCUT2D eigenvalue weighted by atomic mass is 16.4. The predicted molar refractivity (Wildman–Crippen MR) is 50.1 cm³/mol. The third-order valence-corrected chi connectivity index (χ3v) is 2.01. The van der Waals surface area contributed by atoms with Gasteiger partial charge in [-0.2, -0.15) is 0 Å². The summed E-state index contributed by atoms with van der Waals surface area (Å²) < 4.78 is 4.79. The molecule has 0 unspecified atom stereocenters. The molecule has 0 bridgehead atoms. The van der Waals surface area contributed by atoms with Crippen molar-refractivity contribution >= 4 is 22.7 Å². The summed E-state index contributed by atoms with van der Waals surface area (Å²) in [6.07, 6.45) is 0. The van der Waals surface area contributed by atoms with E-state index in [0.717, 1.165) is 0 Å². The first-order valence-electron chi connectivity index (χ1n) is 4.09. The normalized spacial score (nSPS) is 10.4. The van der Waals surface area contributed by atoms with Crippen molar-refractivity contribution in [3.8, 4) is 0 Å². The van der Waals surface area contributed by atoms with Gasteiger partial charge in [0.25, 0.3) is 0 Å². The largest absolute Gasteiger partial charge is 0.475 e. The predicted octanol–water partition coefficient (Wildman–Crippen LogP) is 1.83. The SMILES string of the molecule is O=C(O)c1oc(C(=O)O)c2ccccc12. The zero-order valence-electron chi connectivity index (χ0n) is 7.43. The van der Waals surface area contributed by atoms with E-state index in [9.17, 15) is 9.59 Å². The van der Waals surface area contributed by atoms with E-state index < -0.39 is 11.9 Å². The molecular weight excluding hydrogens is 200 g/mol. The van der Waals surface area contributed by atoms with Gasteiger partial charge in [0.05, 0.1) is 0 Å². The summed E-state index contributed by atoms with van der Waals surface area (Å²) in [7, 11) is 0. The average molecular weight is 206 g/mol. The molecular formula is C10H6O5. The van der Waals surface area contributed by atoms with E-state index in [4.69, 9.17) is 14.6 Å². The third-order valence-electron chi connectivity index (χ3n) is 2.01. The quantitative estimate of drug-likeness (QED) is 0.782. The first-order chi connectivity index (χ1) is 7.11. The topological polar surface area (TPSA) is 87.7 Å². The molecule has 5 heteroatoms. The van der Waals surface area contributed by atoms with Gasteiger partial charge >= 0.3 is 11.9 Å². The van der Waals surface area contributed by atoms with Crippen LogP contribution in [0.4, 0.5) is 0 Å². The minimum absolute atomic E-state index is 0.294. The summed E-state index contributed by atoms with van der Waals surface area (Å²) in [5, 5.41) is 18.2. The number of benzene rings is 1. The summed E-state index contributed by atoms with van der Waals surface area (Å²) in [6.45, 7) is 0. The van der Waals surface area contributed by atoms with Gasteiger partial charge in [-0.1, -0.05) is 24.3 Å². The molecule has 0 saturated carbocycles. The Kier molecular flexibility index (Phi) is 1.93. The zero-order valence-corrected chi connectivity index (χ0v) is 7.43. The van der Waals surface area contributed by atoms with Crippen LogP contribution in [0, 0.1) is 0 Å². The molecule has 5 nitrogen and oxygen atoms in total. The molecule has 0 aliphatic rings. The molecule has 1 aromatic carbocycles. The highest BCUT2D eigenvalue weighted by molar-refractivity contribution is 6.09. The number of furan rings is 1. The molecule has 0 spiro atoms. The van der Waals surface area contributed by atoms with Crippen LogP contribution in [0.1, 0.15) is 21.1 Å². The zero-order chi connectivity index (χ0) is 11.0. The molecule has 1 aromatic heterocycles. The molecule has 2 N–H and O–H groups in total. The number of rotatable bonds is 2. The van der Waals surface area contributed by atoms with Crippen LogP contribution in [-0.4, -0.2) is 22.2 Å². The Balaban J connectivity index is 2.85. The Morgan fingerprint density at radius 1 is 0.933 bits per heavy atom. The summed E-state index contributed by atoms with van der Waals surface area (Å²) >= 11 is 0. The van der Waals surface area contributed by atoms with Crippen LogP contribution in [0.15, 0.2) is 28.7 Å². The van der Waals surface area contributed by atoms with Gasteiger partial charge in [0.2, 0.25) is 11.5 Å². The van der Waals surface area contributed by atoms with Crippen molar-refractivity contribution < 1.29 is 24.2 Å². The third kappa shape index (κ3) is 1.34. The van der Waals surface area contributed by atoms with E-state index in [0.29, 0.717) is 10.8 Å².